The van der Waals surface area contributed by atoms with Crippen molar-refractivity contribution in [2.45, 2.75) is 45.4 Å². The molecule has 136 valence electrons. The van der Waals surface area contributed by atoms with Crippen LogP contribution in [0.3, 0.4) is 0 Å². The van der Waals surface area contributed by atoms with E-state index in [1.807, 2.05) is 13.1 Å². The van der Waals surface area contributed by atoms with E-state index < -0.39 is 0 Å². The average Bonchev–Trinajstić information content (AvgIpc) is 2.88. The van der Waals surface area contributed by atoms with Gasteiger partial charge in [-0.3, -0.25) is 4.79 Å². The van der Waals surface area contributed by atoms with Crippen LogP contribution in [0.4, 0.5) is 0 Å². The van der Waals surface area contributed by atoms with E-state index in [2.05, 4.69) is 35.8 Å². The smallest absolute Gasteiger partial charge is 0.254 e. The van der Waals surface area contributed by atoms with Crippen LogP contribution in [0.15, 0.2) is 35.3 Å². The summed E-state index contributed by atoms with van der Waals surface area (Å²) in [5.41, 5.74) is 2.21. The van der Waals surface area contributed by atoms with Gasteiger partial charge in [0.25, 0.3) is 5.91 Å². The van der Waals surface area contributed by atoms with Crippen molar-refractivity contribution in [3.63, 3.8) is 0 Å². The molecular formula is C22H26N2OS. The standard InChI is InChI=1S/C22H26N2OS/c1-14-19(18-6-4-3-5-7-18)24(2)21(26-14)23-20(25)22-11-15-8-16(12-22)10-17(9-15)13-22/h3-7,15-17H,8-13H2,1-2H3. The summed E-state index contributed by atoms with van der Waals surface area (Å²) in [6.07, 6.45) is 7.33. The van der Waals surface area contributed by atoms with Crippen LogP contribution in [-0.4, -0.2) is 10.5 Å². The molecule has 2 aromatic rings. The summed E-state index contributed by atoms with van der Waals surface area (Å²) in [7, 11) is 2.04. The Balaban J connectivity index is 1.53. The van der Waals surface area contributed by atoms with Crippen molar-refractivity contribution in [2.24, 2.45) is 35.2 Å². The number of nitrogens with zero attached hydrogens (tertiary/aromatic N) is 2. The molecule has 4 heteroatoms. The number of hydrogen-bond donors (Lipinski definition) is 0. The van der Waals surface area contributed by atoms with Gasteiger partial charge in [0.1, 0.15) is 0 Å². The minimum Gasteiger partial charge on any atom is -0.319 e. The highest BCUT2D eigenvalue weighted by Crippen LogP contribution is 2.60. The summed E-state index contributed by atoms with van der Waals surface area (Å²) in [6.45, 7) is 2.13. The maximum Gasteiger partial charge on any atom is 0.254 e. The maximum absolute atomic E-state index is 13.3. The Kier molecular flexibility index (Phi) is 3.75. The first-order chi connectivity index (χ1) is 12.5. The molecule has 1 aromatic carbocycles. The summed E-state index contributed by atoms with van der Waals surface area (Å²) < 4.78 is 2.10. The van der Waals surface area contributed by atoms with Crippen molar-refractivity contribution in [3.8, 4) is 11.3 Å². The number of amides is 1. The number of aryl methyl sites for hydroxylation is 1. The Labute approximate surface area is 158 Å². The largest absolute Gasteiger partial charge is 0.319 e. The van der Waals surface area contributed by atoms with E-state index >= 15 is 0 Å². The zero-order chi connectivity index (χ0) is 17.9. The number of rotatable bonds is 2. The van der Waals surface area contributed by atoms with E-state index in [4.69, 9.17) is 4.99 Å². The highest BCUT2D eigenvalue weighted by molar-refractivity contribution is 7.09. The highest BCUT2D eigenvalue weighted by atomic mass is 32.1. The lowest BCUT2D eigenvalue weighted by Crippen LogP contribution is -2.49. The third-order valence-corrected chi connectivity index (χ3v) is 7.98. The summed E-state index contributed by atoms with van der Waals surface area (Å²) >= 11 is 1.64. The SMILES string of the molecule is Cc1sc(=NC(=O)C23CC4CC(CC(C4)C2)C3)n(C)c1-c1ccccc1. The number of aromatic nitrogens is 1. The summed E-state index contributed by atoms with van der Waals surface area (Å²) in [5, 5.41) is 0. The molecule has 0 N–H and O–H groups in total. The monoisotopic (exact) mass is 366 g/mol. The minimum absolute atomic E-state index is 0.146. The third-order valence-electron chi connectivity index (χ3n) is 6.94. The molecule has 6 rings (SSSR count). The quantitative estimate of drug-likeness (QED) is 0.758. The Morgan fingerprint density at radius 3 is 2.23 bits per heavy atom. The number of hydrogen-bond acceptors (Lipinski definition) is 2. The molecule has 0 unspecified atom stereocenters. The topological polar surface area (TPSA) is 34.4 Å². The molecule has 0 saturated heterocycles. The molecule has 1 amide bonds. The van der Waals surface area contributed by atoms with E-state index in [1.54, 1.807) is 11.3 Å². The molecule has 26 heavy (non-hydrogen) atoms. The van der Waals surface area contributed by atoms with E-state index in [0.717, 1.165) is 41.8 Å². The molecule has 1 aromatic heterocycles. The van der Waals surface area contributed by atoms with E-state index in [1.165, 1.54) is 35.4 Å². The fraction of sp³-hybridized carbons (Fsp3) is 0.545. The first kappa shape index (κ1) is 16.5. The van der Waals surface area contributed by atoms with Gasteiger partial charge in [-0.2, -0.15) is 4.99 Å². The van der Waals surface area contributed by atoms with Crippen LogP contribution in [0.2, 0.25) is 0 Å². The molecule has 4 saturated carbocycles. The van der Waals surface area contributed by atoms with E-state index in [-0.39, 0.29) is 11.3 Å². The predicted octanol–water partition coefficient (Wildman–Crippen LogP) is 4.71. The van der Waals surface area contributed by atoms with Crippen molar-refractivity contribution >= 4 is 17.2 Å². The average molecular weight is 367 g/mol. The fourth-order valence-corrected chi connectivity index (χ4v) is 7.24. The predicted molar refractivity (Wildman–Crippen MR) is 105 cm³/mol. The van der Waals surface area contributed by atoms with Gasteiger partial charge in [-0.25, -0.2) is 0 Å². The van der Waals surface area contributed by atoms with Gasteiger partial charge in [-0.1, -0.05) is 30.3 Å². The van der Waals surface area contributed by atoms with Gasteiger partial charge in [0.15, 0.2) is 4.80 Å². The minimum atomic E-state index is -0.146. The van der Waals surface area contributed by atoms with Crippen molar-refractivity contribution in [1.29, 1.82) is 0 Å². The molecule has 0 radical (unpaired) electrons. The van der Waals surface area contributed by atoms with Gasteiger partial charge >= 0.3 is 0 Å². The lowest BCUT2D eigenvalue weighted by molar-refractivity contribution is -0.142. The van der Waals surface area contributed by atoms with Crippen LogP contribution in [0.5, 0.6) is 0 Å². The molecular weight excluding hydrogens is 340 g/mol. The van der Waals surface area contributed by atoms with Crippen molar-refractivity contribution in [2.75, 3.05) is 0 Å². The summed E-state index contributed by atoms with van der Waals surface area (Å²) in [4.78, 5) is 20.1. The lowest BCUT2D eigenvalue weighted by Gasteiger charge is -2.55. The second-order valence-corrected chi connectivity index (χ2v) is 10.0. The van der Waals surface area contributed by atoms with Gasteiger partial charge < -0.3 is 4.57 Å². The number of thiazole rings is 1. The maximum atomic E-state index is 13.3. The van der Waals surface area contributed by atoms with Crippen LogP contribution in [0.25, 0.3) is 11.3 Å². The number of carbonyl (C=O) groups is 1. The second kappa shape index (κ2) is 5.91. The van der Waals surface area contributed by atoms with Gasteiger partial charge in [0.2, 0.25) is 0 Å². The van der Waals surface area contributed by atoms with E-state index in [9.17, 15) is 4.79 Å². The van der Waals surface area contributed by atoms with E-state index in [0.29, 0.717) is 0 Å². The van der Waals surface area contributed by atoms with Gasteiger partial charge in [-0.05, 0) is 68.8 Å². The Bertz CT molecular complexity index is 886. The fourth-order valence-electron chi connectivity index (χ4n) is 6.25. The van der Waals surface area contributed by atoms with Gasteiger partial charge in [0, 0.05) is 11.9 Å². The zero-order valence-electron chi connectivity index (χ0n) is 15.6. The third kappa shape index (κ3) is 2.53. The summed E-state index contributed by atoms with van der Waals surface area (Å²) in [6, 6.07) is 10.4. The Morgan fingerprint density at radius 2 is 1.65 bits per heavy atom. The lowest BCUT2D eigenvalue weighted by atomic mass is 9.49. The first-order valence-corrected chi connectivity index (χ1v) is 10.7. The molecule has 4 fully saturated rings. The van der Waals surface area contributed by atoms with Crippen molar-refractivity contribution < 1.29 is 4.79 Å². The highest BCUT2D eigenvalue weighted by Gasteiger charge is 2.54. The molecule has 3 nitrogen and oxygen atoms in total. The molecule has 4 bridgehead atoms. The first-order valence-electron chi connectivity index (χ1n) is 9.85. The molecule has 0 atom stereocenters. The summed E-state index contributed by atoms with van der Waals surface area (Å²) in [5.74, 6) is 2.49. The Hall–Kier alpha value is -1.68. The van der Waals surface area contributed by atoms with Crippen LogP contribution >= 0.6 is 11.3 Å². The van der Waals surface area contributed by atoms with Crippen LogP contribution in [0.1, 0.15) is 43.4 Å². The second-order valence-electron chi connectivity index (χ2n) is 8.83. The molecule has 4 aliphatic carbocycles. The van der Waals surface area contributed by atoms with Crippen LogP contribution in [-0.2, 0) is 11.8 Å². The van der Waals surface area contributed by atoms with Crippen LogP contribution < -0.4 is 4.80 Å². The van der Waals surface area contributed by atoms with Crippen molar-refractivity contribution in [3.05, 3.63) is 40.0 Å². The normalized spacial score (nSPS) is 33.0. The Morgan fingerprint density at radius 1 is 1.08 bits per heavy atom. The molecule has 0 spiro atoms. The van der Waals surface area contributed by atoms with Crippen molar-refractivity contribution in [1.82, 2.24) is 4.57 Å². The number of benzene rings is 1. The zero-order valence-corrected chi connectivity index (χ0v) is 16.4. The molecule has 0 aliphatic heterocycles. The molecule has 1 heterocycles. The van der Waals surface area contributed by atoms with Crippen LogP contribution in [0, 0.1) is 30.1 Å². The molecule has 4 aliphatic rings. The number of carbonyl (C=O) groups excluding carboxylic acids is 1. The van der Waals surface area contributed by atoms with Gasteiger partial charge in [-0.15, -0.1) is 11.3 Å². The van der Waals surface area contributed by atoms with Gasteiger partial charge in [0.05, 0.1) is 11.1 Å².